The van der Waals surface area contributed by atoms with E-state index in [-0.39, 0.29) is 49.6 Å². The molecular formula is C53H82O11. The fraction of sp³-hybridized carbons (Fsp3) is 0.679. The molecule has 3 rings (SSSR count). The van der Waals surface area contributed by atoms with Crippen LogP contribution in [-0.2, 0) is 38.1 Å². The molecule has 0 aromatic heterocycles. The standard InChI is InChI=1S/C53H82O11/c1-8-9-10-11-12-13-14-15-21-30-50(57)61-37-53(7)48(29-24-23-28-44(54)52(59)60-36-40(5)45(55)32-38(2)3)63-43-27-19-16-18-25-39(4)33-47-41(6)46(56)34-42(62-47)26-20-17-22-31-51(58)64-49(53)35-43/h17-20,22-25,27,31,33,38,41-49,54-56H,5,8-16,21,26,28-30,32,34-37H2,1-4,6-7H3/b20-17+,24-23-,25-18+,27-19+,31-22+,39-33-/t41-,42+,43-,44-,45-,46+,47-,48+,49-,53+/m1/s1. The summed E-state index contributed by atoms with van der Waals surface area (Å²) < 4.78 is 30.5. The molecule has 0 unspecified atom stereocenters. The maximum Gasteiger partial charge on any atom is 0.335 e. The van der Waals surface area contributed by atoms with Gasteiger partial charge in [0.25, 0.3) is 0 Å². The van der Waals surface area contributed by atoms with E-state index < -0.39 is 54.0 Å². The molecule has 11 nitrogen and oxygen atoms in total. The zero-order valence-corrected chi connectivity index (χ0v) is 39.9. The van der Waals surface area contributed by atoms with Crippen molar-refractivity contribution in [3.8, 4) is 0 Å². The number of carbonyl (C=O) groups is 3. The third kappa shape index (κ3) is 20.3. The van der Waals surface area contributed by atoms with E-state index in [0.29, 0.717) is 50.5 Å². The summed E-state index contributed by atoms with van der Waals surface area (Å²) in [5, 5.41) is 31.7. The number of esters is 3. The van der Waals surface area contributed by atoms with Crippen molar-refractivity contribution < 1.29 is 53.4 Å². The molecule has 0 amide bonds. The van der Waals surface area contributed by atoms with Crippen LogP contribution in [0.5, 0.6) is 0 Å². The normalized spacial score (nSPS) is 30.6. The Balaban J connectivity index is 1.79. The van der Waals surface area contributed by atoms with Gasteiger partial charge >= 0.3 is 17.9 Å². The molecule has 11 heteroatoms. The third-order valence-electron chi connectivity index (χ3n) is 12.5. The lowest BCUT2D eigenvalue weighted by atomic mass is 9.73. The van der Waals surface area contributed by atoms with Crippen molar-refractivity contribution in [1.29, 1.82) is 0 Å². The van der Waals surface area contributed by atoms with Crippen molar-refractivity contribution in [3.63, 3.8) is 0 Å². The Morgan fingerprint density at radius 3 is 2.38 bits per heavy atom. The van der Waals surface area contributed by atoms with E-state index in [2.05, 4.69) is 19.6 Å². The van der Waals surface area contributed by atoms with Gasteiger partial charge in [-0.15, -0.1) is 0 Å². The molecule has 3 aliphatic heterocycles. The van der Waals surface area contributed by atoms with E-state index in [1.165, 1.54) is 44.6 Å². The van der Waals surface area contributed by atoms with Crippen LogP contribution < -0.4 is 0 Å². The van der Waals surface area contributed by atoms with E-state index >= 15 is 0 Å². The van der Waals surface area contributed by atoms with Crippen LogP contribution in [0.3, 0.4) is 0 Å². The summed E-state index contributed by atoms with van der Waals surface area (Å²) >= 11 is 0. The van der Waals surface area contributed by atoms with Gasteiger partial charge in [0.15, 0.2) is 6.10 Å². The Labute approximate surface area is 384 Å². The fourth-order valence-corrected chi connectivity index (χ4v) is 8.27. The number of ether oxygens (including phenoxy) is 5. The first-order chi connectivity index (χ1) is 30.6. The molecule has 0 aromatic rings. The second-order valence-corrected chi connectivity index (χ2v) is 18.8. The summed E-state index contributed by atoms with van der Waals surface area (Å²) in [5.41, 5.74) is 0.448. The highest BCUT2D eigenvalue weighted by Crippen LogP contribution is 2.42. The zero-order valence-electron chi connectivity index (χ0n) is 39.9. The minimum Gasteiger partial charge on any atom is -0.465 e. The smallest absolute Gasteiger partial charge is 0.335 e. The lowest BCUT2D eigenvalue weighted by Gasteiger charge is -2.47. The van der Waals surface area contributed by atoms with Gasteiger partial charge in [0, 0.05) is 37.7 Å². The van der Waals surface area contributed by atoms with Crippen molar-refractivity contribution in [2.24, 2.45) is 17.3 Å². The van der Waals surface area contributed by atoms with Gasteiger partial charge in [-0.25, -0.2) is 9.59 Å². The highest BCUT2D eigenvalue weighted by molar-refractivity contribution is 5.82. The lowest BCUT2D eigenvalue weighted by molar-refractivity contribution is -0.204. The first-order valence-corrected chi connectivity index (χ1v) is 24.2. The molecule has 4 bridgehead atoms. The van der Waals surface area contributed by atoms with E-state index in [1.807, 2.05) is 71.1 Å². The van der Waals surface area contributed by atoms with Crippen molar-refractivity contribution in [3.05, 3.63) is 84.6 Å². The van der Waals surface area contributed by atoms with Crippen LogP contribution in [0.2, 0.25) is 0 Å². The minimum atomic E-state index is -1.43. The maximum absolute atomic E-state index is 13.5. The van der Waals surface area contributed by atoms with E-state index in [1.54, 1.807) is 18.2 Å². The van der Waals surface area contributed by atoms with Gasteiger partial charge in [0.05, 0.1) is 42.0 Å². The Kier molecular flexibility index (Phi) is 25.5. The van der Waals surface area contributed by atoms with Crippen LogP contribution in [0, 0.1) is 17.3 Å². The van der Waals surface area contributed by atoms with Crippen LogP contribution in [0.1, 0.15) is 151 Å². The summed E-state index contributed by atoms with van der Waals surface area (Å²) in [6.45, 7) is 15.7. The number of fused-ring (bicyclic) bond motifs is 4. The second kappa shape index (κ2) is 29.8. The average molecular weight is 895 g/mol. The monoisotopic (exact) mass is 895 g/mol. The minimum absolute atomic E-state index is 0.0234. The Bertz CT molecular complexity index is 1610. The van der Waals surface area contributed by atoms with Crippen LogP contribution in [0.4, 0.5) is 0 Å². The van der Waals surface area contributed by atoms with Gasteiger partial charge in [-0.05, 0) is 50.5 Å². The van der Waals surface area contributed by atoms with Crippen LogP contribution in [0.25, 0.3) is 0 Å². The highest BCUT2D eigenvalue weighted by atomic mass is 16.6. The summed E-state index contributed by atoms with van der Waals surface area (Å²) in [6, 6.07) is 0. The van der Waals surface area contributed by atoms with Crippen molar-refractivity contribution in [2.45, 2.75) is 200 Å². The number of aliphatic hydroxyl groups excluding tert-OH is 3. The van der Waals surface area contributed by atoms with Crippen LogP contribution in [-0.4, -0.2) is 95.3 Å². The van der Waals surface area contributed by atoms with Crippen LogP contribution >= 0.6 is 0 Å². The molecule has 2 fully saturated rings. The number of aliphatic hydroxyl groups is 3. The largest absolute Gasteiger partial charge is 0.465 e. The van der Waals surface area contributed by atoms with Crippen molar-refractivity contribution in [2.75, 3.05) is 13.2 Å². The lowest BCUT2D eigenvalue weighted by Crippen LogP contribution is -2.55. The quantitative estimate of drug-likeness (QED) is 0.0411. The Hall–Kier alpha value is -3.61. The summed E-state index contributed by atoms with van der Waals surface area (Å²) in [5.74, 6) is -1.48. The van der Waals surface area contributed by atoms with Gasteiger partial charge in [-0.2, -0.15) is 0 Å². The summed E-state index contributed by atoms with van der Waals surface area (Å²) in [6.07, 6.45) is 28.8. The van der Waals surface area contributed by atoms with Gasteiger partial charge in [0.1, 0.15) is 19.3 Å². The summed E-state index contributed by atoms with van der Waals surface area (Å²) in [7, 11) is 0. The third-order valence-corrected chi connectivity index (χ3v) is 12.5. The molecule has 3 N–H and O–H groups in total. The summed E-state index contributed by atoms with van der Waals surface area (Å²) in [4.78, 5) is 39.3. The Morgan fingerprint density at radius 1 is 0.938 bits per heavy atom. The van der Waals surface area contributed by atoms with E-state index in [4.69, 9.17) is 23.7 Å². The molecule has 0 saturated carbocycles. The van der Waals surface area contributed by atoms with Crippen molar-refractivity contribution >= 4 is 17.9 Å². The maximum atomic E-state index is 13.5. The van der Waals surface area contributed by atoms with Gasteiger partial charge in [-0.3, -0.25) is 4.79 Å². The predicted molar refractivity (Wildman–Crippen MR) is 252 cm³/mol. The molecular weight excluding hydrogens is 813 g/mol. The topological polar surface area (TPSA) is 158 Å². The molecule has 0 aliphatic carbocycles. The number of hydrogen-bond donors (Lipinski definition) is 3. The molecule has 3 aliphatic rings. The molecule has 10 atom stereocenters. The van der Waals surface area contributed by atoms with E-state index in [9.17, 15) is 29.7 Å². The molecule has 0 spiro atoms. The number of allylic oxidation sites excluding steroid dienone is 6. The number of unbranched alkanes of at least 4 members (excludes halogenated alkanes) is 8. The fourth-order valence-electron chi connectivity index (χ4n) is 8.27. The predicted octanol–water partition coefficient (Wildman–Crippen LogP) is 9.85. The molecule has 64 heavy (non-hydrogen) atoms. The molecule has 0 radical (unpaired) electrons. The molecule has 0 aromatic carbocycles. The first kappa shape index (κ1) is 54.7. The SMILES string of the molecule is C=C(COC(=O)[C@H](O)C/C=C\C[C@@H]1O[C@@H]2/C=C/C/C=C/C(C)=C\[C@H]3O[C@@H](C/C=C/C=C/C(=O)O[C@H](C2)[C@@]1(C)COC(=O)CCCCCCCCCCC)C[C@H](O)[C@H]3C)[C@H](O)CC(C)C. The molecule has 360 valence electrons. The molecule has 3 heterocycles. The van der Waals surface area contributed by atoms with Gasteiger partial charge < -0.3 is 39.0 Å². The number of hydrogen-bond acceptors (Lipinski definition) is 11. The Morgan fingerprint density at radius 2 is 1.66 bits per heavy atom. The number of carbonyl (C=O) groups excluding carboxylic acids is 3. The number of rotatable bonds is 22. The van der Waals surface area contributed by atoms with E-state index in [0.717, 1.165) is 24.8 Å². The first-order valence-electron chi connectivity index (χ1n) is 24.2. The second-order valence-electron chi connectivity index (χ2n) is 18.8. The van der Waals surface area contributed by atoms with Crippen LogP contribution in [0.15, 0.2) is 84.6 Å². The molecule has 2 saturated heterocycles. The highest BCUT2D eigenvalue weighted by Gasteiger charge is 2.50. The zero-order chi connectivity index (χ0) is 46.9. The average Bonchev–Trinajstić information content (AvgIpc) is 3.25. The van der Waals surface area contributed by atoms with Gasteiger partial charge in [-0.1, -0.05) is 159 Å². The van der Waals surface area contributed by atoms with Crippen molar-refractivity contribution in [1.82, 2.24) is 0 Å². The van der Waals surface area contributed by atoms with Gasteiger partial charge in [0.2, 0.25) is 0 Å².